The van der Waals surface area contributed by atoms with Gasteiger partial charge in [-0.3, -0.25) is 9.36 Å². The predicted octanol–water partition coefficient (Wildman–Crippen LogP) is 4.70. The van der Waals surface area contributed by atoms with Crippen molar-refractivity contribution in [3.05, 3.63) is 66.5 Å². The zero-order valence-corrected chi connectivity index (χ0v) is 16.5. The van der Waals surface area contributed by atoms with Crippen LogP contribution < -0.4 is 10.1 Å². The quantitative estimate of drug-likeness (QED) is 0.603. The number of anilines is 1. The van der Waals surface area contributed by atoms with Crippen molar-refractivity contribution in [3.8, 4) is 11.4 Å². The lowest BCUT2D eigenvalue weighted by molar-refractivity contribution is -0.115. The Labute approximate surface area is 163 Å². The minimum atomic E-state index is -0.289. The number of thioether (sulfide) groups is 1. The van der Waals surface area contributed by atoms with E-state index in [1.807, 2.05) is 61.0 Å². The van der Waals surface area contributed by atoms with E-state index in [1.54, 1.807) is 6.20 Å². The summed E-state index contributed by atoms with van der Waals surface area (Å²) in [6.07, 6.45) is 3.66. The molecule has 0 bridgehead atoms. The molecule has 27 heavy (non-hydrogen) atoms. The van der Waals surface area contributed by atoms with Gasteiger partial charge in [0.25, 0.3) is 0 Å². The zero-order chi connectivity index (χ0) is 19.2. The van der Waals surface area contributed by atoms with Gasteiger partial charge in [0.2, 0.25) is 5.91 Å². The highest BCUT2D eigenvalue weighted by atomic mass is 32.2. The lowest BCUT2D eigenvalue weighted by atomic mass is 10.2. The molecule has 0 saturated carbocycles. The van der Waals surface area contributed by atoms with Crippen LogP contribution in [0.5, 0.6) is 5.75 Å². The van der Waals surface area contributed by atoms with Crippen LogP contribution in [0.4, 0.5) is 5.69 Å². The van der Waals surface area contributed by atoms with E-state index < -0.39 is 0 Å². The summed E-state index contributed by atoms with van der Waals surface area (Å²) in [4.78, 5) is 17.0. The molecule has 1 N–H and O–H groups in total. The maximum Gasteiger partial charge on any atom is 0.237 e. The van der Waals surface area contributed by atoms with Gasteiger partial charge in [-0.2, -0.15) is 0 Å². The normalized spacial score (nSPS) is 11.8. The summed E-state index contributed by atoms with van der Waals surface area (Å²) in [5, 5.41) is 3.44. The van der Waals surface area contributed by atoms with Crippen molar-refractivity contribution in [2.75, 3.05) is 11.9 Å². The highest BCUT2D eigenvalue weighted by Crippen LogP contribution is 2.26. The van der Waals surface area contributed by atoms with E-state index in [2.05, 4.69) is 29.4 Å². The number of nitrogens with zero attached hydrogens (tertiary/aromatic N) is 2. The Kier molecular flexibility index (Phi) is 6.19. The zero-order valence-electron chi connectivity index (χ0n) is 15.7. The summed E-state index contributed by atoms with van der Waals surface area (Å²) >= 11 is 1.43. The van der Waals surface area contributed by atoms with Gasteiger partial charge in [0.1, 0.15) is 5.75 Å². The molecule has 3 aromatic rings. The van der Waals surface area contributed by atoms with Gasteiger partial charge in [-0.1, -0.05) is 23.9 Å². The van der Waals surface area contributed by atoms with Crippen LogP contribution in [0, 0.1) is 6.92 Å². The Balaban J connectivity index is 1.66. The van der Waals surface area contributed by atoms with Crippen molar-refractivity contribution in [1.82, 2.24) is 9.55 Å². The van der Waals surface area contributed by atoms with Gasteiger partial charge in [0, 0.05) is 23.8 Å². The highest BCUT2D eigenvalue weighted by Gasteiger charge is 2.18. The average molecular weight is 382 g/mol. The Hall–Kier alpha value is -2.73. The Morgan fingerprint density at radius 1 is 1.26 bits per heavy atom. The molecule has 3 rings (SSSR count). The number of imidazole rings is 1. The van der Waals surface area contributed by atoms with Crippen LogP contribution >= 0.6 is 11.8 Å². The van der Waals surface area contributed by atoms with E-state index in [1.165, 1.54) is 17.3 Å². The number of nitrogens with one attached hydrogen (secondary N) is 1. The topological polar surface area (TPSA) is 56.1 Å². The smallest absolute Gasteiger partial charge is 0.237 e. The second kappa shape index (κ2) is 8.77. The number of aryl methyl sites for hydroxylation is 1. The van der Waals surface area contributed by atoms with E-state index in [0.29, 0.717) is 6.61 Å². The summed E-state index contributed by atoms with van der Waals surface area (Å²) < 4.78 is 7.42. The molecule has 1 amide bonds. The summed E-state index contributed by atoms with van der Waals surface area (Å²) in [7, 11) is 0. The summed E-state index contributed by atoms with van der Waals surface area (Å²) in [5.41, 5.74) is 2.96. The second-order valence-corrected chi connectivity index (χ2v) is 7.43. The van der Waals surface area contributed by atoms with Gasteiger partial charge < -0.3 is 10.1 Å². The molecule has 1 aromatic heterocycles. The van der Waals surface area contributed by atoms with Crippen LogP contribution in [0.3, 0.4) is 0 Å². The van der Waals surface area contributed by atoms with Crippen molar-refractivity contribution >= 4 is 23.4 Å². The molecule has 0 aliphatic rings. The third-order valence-electron chi connectivity index (χ3n) is 3.97. The summed E-state index contributed by atoms with van der Waals surface area (Å²) in [6, 6.07) is 15.6. The maximum absolute atomic E-state index is 12.6. The fraction of sp³-hybridized carbons (Fsp3) is 0.238. The molecule has 0 saturated heterocycles. The van der Waals surface area contributed by atoms with Gasteiger partial charge in [0.15, 0.2) is 5.16 Å². The molecule has 2 aromatic carbocycles. The molecule has 0 radical (unpaired) electrons. The molecule has 5 nitrogen and oxygen atoms in total. The number of hydrogen-bond acceptors (Lipinski definition) is 4. The minimum absolute atomic E-state index is 0.0667. The van der Waals surface area contributed by atoms with Crippen LogP contribution in [0.2, 0.25) is 0 Å². The van der Waals surface area contributed by atoms with Gasteiger partial charge in [-0.15, -0.1) is 0 Å². The first-order valence-electron chi connectivity index (χ1n) is 8.87. The Morgan fingerprint density at radius 3 is 2.74 bits per heavy atom. The van der Waals surface area contributed by atoms with E-state index in [0.717, 1.165) is 22.3 Å². The number of benzene rings is 2. The lowest BCUT2D eigenvalue weighted by Gasteiger charge is -2.14. The van der Waals surface area contributed by atoms with Gasteiger partial charge >= 0.3 is 0 Å². The number of carbonyl (C=O) groups excluding carboxylic acids is 1. The van der Waals surface area contributed by atoms with Crippen LogP contribution in [0.15, 0.2) is 66.1 Å². The molecule has 1 unspecified atom stereocenters. The number of rotatable bonds is 7. The van der Waals surface area contributed by atoms with Crippen LogP contribution in [-0.2, 0) is 4.79 Å². The van der Waals surface area contributed by atoms with E-state index in [4.69, 9.17) is 4.74 Å². The molecule has 6 heteroatoms. The second-order valence-electron chi connectivity index (χ2n) is 6.13. The minimum Gasteiger partial charge on any atom is -0.494 e. The fourth-order valence-corrected chi connectivity index (χ4v) is 3.49. The first-order chi connectivity index (χ1) is 13.1. The Bertz CT molecular complexity index is 906. The average Bonchev–Trinajstić information content (AvgIpc) is 3.11. The van der Waals surface area contributed by atoms with E-state index in [-0.39, 0.29) is 11.2 Å². The van der Waals surface area contributed by atoms with E-state index >= 15 is 0 Å². The fourth-order valence-electron chi connectivity index (χ4n) is 2.61. The summed E-state index contributed by atoms with van der Waals surface area (Å²) in [6.45, 7) is 6.49. The molecular weight excluding hydrogens is 358 g/mol. The molecule has 1 atom stereocenters. The standard InChI is InChI=1S/C21H23N3O2S/c1-4-26-19-10-8-17(9-11-19)23-20(25)16(3)27-21-22-12-13-24(21)18-7-5-6-15(2)14-18/h5-14,16H,4H2,1-3H3,(H,23,25). The van der Waals surface area contributed by atoms with Crippen molar-refractivity contribution in [1.29, 1.82) is 0 Å². The highest BCUT2D eigenvalue weighted by molar-refractivity contribution is 8.00. The molecule has 0 spiro atoms. The van der Waals surface area contributed by atoms with Crippen molar-refractivity contribution in [3.63, 3.8) is 0 Å². The maximum atomic E-state index is 12.6. The molecule has 140 valence electrons. The predicted molar refractivity (Wildman–Crippen MR) is 110 cm³/mol. The first-order valence-corrected chi connectivity index (χ1v) is 9.75. The number of ether oxygens (including phenoxy) is 1. The van der Waals surface area contributed by atoms with Crippen LogP contribution in [-0.4, -0.2) is 27.3 Å². The van der Waals surface area contributed by atoms with E-state index in [9.17, 15) is 4.79 Å². The number of aromatic nitrogens is 2. The third kappa shape index (κ3) is 4.92. The summed E-state index contributed by atoms with van der Waals surface area (Å²) in [5.74, 6) is 0.723. The molecular formula is C21H23N3O2S. The number of hydrogen-bond donors (Lipinski definition) is 1. The molecule has 0 fully saturated rings. The van der Waals surface area contributed by atoms with Crippen molar-refractivity contribution in [2.45, 2.75) is 31.2 Å². The van der Waals surface area contributed by atoms with Crippen LogP contribution in [0.25, 0.3) is 5.69 Å². The van der Waals surface area contributed by atoms with Crippen LogP contribution in [0.1, 0.15) is 19.4 Å². The number of carbonyl (C=O) groups is 1. The largest absolute Gasteiger partial charge is 0.494 e. The first kappa shape index (κ1) is 19.0. The molecule has 0 aliphatic heterocycles. The lowest BCUT2D eigenvalue weighted by Crippen LogP contribution is -2.22. The SMILES string of the molecule is CCOc1ccc(NC(=O)C(C)Sc2nccn2-c2cccc(C)c2)cc1. The van der Waals surface area contributed by atoms with Crippen molar-refractivity contribution in [2.24, 2.45) is 0 Å². The van der Waals surface area contributed by atoms with Gasteiger partial charge in [-0.05, 0) is 62.7 Å². The Morgan fingerprint density at radius 2 is 2.04 bits per heavy atom. The monoisotopic (exact) mass is 381 g/mol. The molecule has 0 aliphatic carbocycles. The third-order valence-corrected chi connectivity index (χ3v) is 5.05. The molecule has 1 heterocycles. The van der Waals surface area contributed by atoms with Crippen molar-refractivity contribution < 1.29 is 9.53 Å². The van der Waals surface area contributed by atoms with Gasteiger partial charge in [0.05, 0.1) is 11.9 Å². The number of amides is 1. The van der Waals surface area contributed by atoms with Gasteiger partial charge in [-0.25, -0.2) is 4.98 Å².